The molecule has 0 saturated carbocycles. The quantitative estimate of drug-likeness (QED) is 0.521. The van der Waals surface area contributed by atoms with Crippen molar-refractivity contribution in [1.82, 2.24) is 0 Å². The van der Waals surface area contributed by atoms with E-state index in [0.717, 1.165) is 11.1 Å². The zero-order valence-electron chi connectivity index (χ0n) is 14.5. The number of allylic oxidation sites excluding steroid dienone is 1. The molecule has 122 valence electrons. The van der Waals surface area contributed by atoms with Gasteiger partial charge in [-0.1, -0.05) is 60.7 Å². The van der Waals surface area contributed by atoms with Gasteiger partial charge in [-0.3, -0.25) is 0 Å². The summed E-state index contributed by atoms with van der Waals surface area (Å²) in [6.07, 6.45) is 2.27. The molecule has 0 amide bonds. The second-order valence-corrected chi connectivity index (χ2v) is 6.79. The van der Waals surface area contributed by atoms with Crippen LogP contribution in [0.2, 0.25) is 0 Å². The number of para-hydroxylation sites is 1. The van der Waals surface area contributed by atoms with Crippen molar-refractivity contribution in [3.63, 3.8) is 0 Å². The Balaban J connectivity index is 0.000000143. The number of nitrogens with two attached hydrogens (primary N) is 1. The van der Waals surface area contributed by atoms with E-state index >= 15 is 0 Å². The highest BCUT2D eigenvalue weighted by Crippen LogP contribution is 2.32. The fourth-order valence-electron chi connectivity index (χ4n) is 3.19. The maximum absolute atomic E-state index is 5.76. The molecule has 0 bridgehead atoms. The van der Waals surface area contributed by atoms with Crippen molar-refractivity contribution in [3.8, 4) is 0 Å². The van der Waals surface area contributed by atoms with Gasteiger partial charge in [-0.2, -0.15) is 0 Å². The normalized spacial score (nSPS) is 14.7. The van der Waals surface area contributed by atoms with E-state index in [1.165, 1.54) is 22.2 Å². The Morgan fingerprint density at radius 2 is 1.50 bits per heavy atom. The summed E-state index contributed by atoms with van der Waals surface area (Å²) in [5.41, 5.74) is 10.6. The van der Waals surface area contributed by atoms with Crippen molar-refractivity contribution in [3.05, 3.63) is 78.4 Å². The van der Waals surface area contributed by atoms with Gasteiger partial charge in [0.2, 0.25) is 0 Å². The Kier molecular flexibility index (Phi) is 4.30. The summed E-state index contributed by atoms with van der Waals surface area (Å²) in [6, 6.07) is 22.5. The van der Waals surface area contributed by atoms with Crippen LogP contribution in [0.25, 0.3) is 16.3 Å². The van der Waals surface area contributed by atoms with Crippen LogP contribution in [0.5, 0.6) is 0 Å². The highest BCUT2D eigenvalue weighted by molar-refractivity contribution is 5.92. The Bertz CT molecular complexity index is 886. The summed E-state index contributed by atoms with van der Waals surface area (Å²) in [6.45, 7) is 6.54. The molecule has 3 N–H and O–H groups in total. The van der Waals surface area contributed by atoms with Crippen LogP contribution in [0.15, 0.2) is 72.8 Å². The highest BCUT2D eigenvalue weighted by atomic mass is 15.0. The molecule has 2 heteroatoms. The van der Waals surface area contributed by atoms with E-state index in [1.54, 1.807) is 0 Å². The summed E-state index contributed by atoms with van der Waals surface area (Å²) < 4.78 is 0. The topological polar surface area (TPSA) is 38.0 Å². The van der Waals surface area contributed by atoms with E-state index < -0.39 is 0 Å². The fraction of sp³-hybridized carbons (Fsp3) is 0.182. The molecule has 0 atom stereocenters. The second kappa shape index (κ2) is 6.40. The number of anilines is 2. The van der Waals surface area contributed by atoms with Crippen LogP contribution in [-0.2, 0) is 0 Å². The van der Waals surface area contributed by atoms with Gasteiger partial charge in [-0.15, -0.1) is 0 Å². The summed E-state index contributed by atoms with van der Waals surface area (Å²) in [5.74, 6) is 0. The molecule has 4 rings (SSSR count). The number of rotatable bonds is 0. The molecule has 1 heterocycles. The van der Waals surface area contributed by atoms with Gasteiger partial charge in [0.05, 0.1) is 5.54 Å². The number of benzene rings is 3. The number of nitrogen functional groups attached to an aromatic ring is 1. The minimum atomic E-state index is 0.0818. The van der Waals surface area contributed by atoms with Crippen LogP contribution in [-0.4, -0.2) is 5.54 Å². The smallest absolute Gasteiger partial charge is 0.0505 e. The van der Waals surface area contributed by atoms with Gasteiger partial charge in [0, 0.05) is 22.3 Å². The van der Waals surface area contributed by atoms with Crippen molar-refractivity contribution >= 4 is 27.7 Å². The molecule has 0 unspecified atom stereocenters. The lowest BCUT2D eigenvalue weighted by Gasteiger charge is -2.31. The van der Waals surface area contributed by atoms with Crippen LogP contribution in [0.1, 0.15) is 26.3 Å². The molecule has 0 aliphatic carbocycles. The third-order valence-corrected chi connectivity index (χ3v) is 4.21. The molecule has 0 aromatic heterocycles. The third kappa shape index (κ3) is 3.43. The van der Waals surface area contributed by atoms with Gasteiger partial charge >= 0.3 is 0 Å². The fourth-order valence-corrected chi connectivity index (χ4v) is 3.19. The number of nitrogens with one attached hydrogen (secondary N) is 1. The standard InChI is InChI=1S/C12H15N.C10H9N/c1-9-8-12(2,3)13-11-7-5-4-6-10(9)11;11-10-7-3-5-8-4-1-2-6-9(8)10/h4-8,13H,1-3H3;1-7H,11H2. The predicted octanol–water partition coefficient (Wildman–Crippen LogP) is 5.72. The molecular formula is C22H24N2. The molecule has 1 aliphatic rings. The first kappa shape index (κ1) is 16.1. The molecule has 0 saturated heterocycles. The van der Waals surface area contributed by atoms with E-state index in [1.807, 2.05) is 30.3 Å². The Morgan fingerprint density at radius 3 is 2.29 bits per heavy atom. The van der Waals surface area contributed by atoms with Crippen LogP contribution >= 0.6 is 0 Å². The lowest BCUT2D eigenvalue weighted by Crippen LogP contribution is -2.31. The molecular weight excluding hydrogens is 292 g/mol. The van der Waals surface area contributed by atoms with Crippen molar-refractivity contribution < 1.29 is 0 Å². The predicted molar refractivity (Wildman–Crippen MR) is 106 cm³/mol. The number of fused-ring (bicyclic) bond motifs is 2. The Labute approximate surface area is 144 Å². The summed E-state index contributed by atoms with van der Waals surface area (Å²) in [4.78, 5) is 0. The molecule has 0 radical (unpaired) electrons. The second-order valence-electron chi connectivity index (χ2n) is 6.79. The lowest BCUT2D eigenvalue weighted by molar-refractivity contribution is 0.707. The minimum absolute atomic E-state index is 0.0818. The zero-order valence-corrected chi connectivity index (χ0v) is 14.5. The molecule has 3 aromatic carbocycles. The summed E-state index contributed by atoms with van der Waals surface area (Å²) in [5, 5.41) is 5.83. The van der Waals surface area contributed by atoms with E-state index in [9.17, 15) is 0 Å². The van der Waals surface area contributed by atoms with Gasteiger partial charge in [0.15, 0.2) is 0 Å². The van der Waals surface area contributed by atoms with E-state index in [2.05, 4.69) is 68.6 Å². The first-order valence-electron chi connectivity index (χ1n) is 8.26. The maximum atomic E-state index is 5.76. The largest absolute Gasteiger partial charge is 0.398 e. The molecule has 0 spiro atoms. The molecule has 1 aliphatic heterocycles. The summed E-state index contributed by atoms with van der Waals surface area (Å²) in [7, 11) is 0. The average molecular weight is 316 g/mol. The van der Waals surface area contributed by atoms with E-state index in [4.69, 9.17) is 5.73 Å². The van der Waals surface area contributed by atoms with Crippen molar-refractivity contribution in [2.75, 3.05) is 11.1 Å². The van der Waals surface area contributed by atoms with Crippen LogP contribution in [0.3, 0.4) is 0 Å². The van der Waals surface area contributed by atoms with Gasteiger partial charge in [-0.05, 0) is 43.9 Å². The zero-order chi connectivity index (χ0) is 17.2. The maximum Gasteiger partial charge on any atom is 0.0505 e. The monoisotopic (exact) mass is 316 g/mol. The molecule has 2 nitrogen and oxygen atoms in total. The summed E-state index contributed by atoms with van der Waals surface area (Å²) >= 11 is 0. The average Bonchev–Trinajstić information content (AvgIpc) is 2.55. The minimum Gasteiger partial charge on any atom is -0.398 e. The first-order valence-corrected chi connectivity index (χ1v) is 8.26. The number of hydrogen-bond acceptors (Lipinski definition) is 2. The van der Waals surface area contributed by atoms with Crippen molar-refractivity contribution in [1.29, 1.82) is 0 Å². The Hall–Kier alpha value is -2.74. The van der Waals surface area contributed by atoms with Gasteiger partial charge < -0.3 is 11.1 Å². The molecule has 3 aromatic rings. The lowest BCUT2D eigenvalue weighted by atomic mass is 9.91. The van der Waals surface area contributed by atoms with Gasteiger partial charge in [0.25, 0.3) is 0 Å². The van der Waals surface area contributed by atoms with Crippen LogP contribution < -0.4 is 11.1 Å². The van der Waals surface area contributed by atoms with Crippen molar-refractivity contribution in [2.24, 2.45) is 0 Å². The first-order chi connectivity index (χ1) is 11.5. The van der Waals surface area contributed by atoms with Gasteiger partial charge in [-0.25, -0.2) is 0 Å². The van der Waals surface area contributed by atoms with Crippen molar-refractivity contribution in [2.45, 2.75) is 26.3 Å². The van der Waals surface area contributed by atoms with Crippen LogP contribution in [0.4, 0.5) is 11.4 Å². The molecule has 0 fully saturated rings. The van der Waals surface area contributed by atoms with E-state index in [0.29, 0.717) is 0 Å². The van der Waals surface area contributed by atoms with Crippen LogP contribution in [0, 0.1) is 0 Å². The Morgan fingerprint density at radius 1 is 0.833 bits per heavy atom. The third-order valence-electron chi connectivity index (χ3n) is 4.21. The SMILES string of the molecule is CC1=CC(C)(C)Nc2ccccc21.Nc1cccc2ccccc12. The highest BCUT2D eigenvalue weighted by Gasteiger charge is 2.21. The van der Waals surface area contributed by atoms with E-state index in [-0.39, 0.29) is 5.54 Å². The number of hydrogen-bond donors (Lipinski definition) is 2. The van der Waals surface area contributed by atoms with Gasteiger partial charge in [0.1, 0.15) is 0 Å². The molecule has 24 heavy (non-hydrogen) atoms.